The lowest BCUT2D eigenvalue weighted by atomic mass is 10.2. The van der Waals surface area contributed by atoms with Crippen molar-refractivity contribution in [3.63, 3.8) is 0 Å². The molecule has 0 aromatic heterocycles. The van der Waals surface area contributed by atoms with Crippen LogP contribution in [0.15, 0.2) is 29.2 Å². The molecule has 3 nitrogen and oxygen atoms in total. The van der Waals surface area contributed by atoms with Gasteiger partial charge in [0.2, 0.25) is 0 Å². The van der Waals surface area contributed by atoms with Gasteiger partial charge in [-0.3, -0.25) is 0 Å². The topological polar surface area (TPSA) is 54.4 Å². The minimum Gasteiger partial charge on any atom is -0.396 e. The van der Waals surface area contributed by atoms with Gasteiger partial charge in [0.1, 0.15) is 0 Å². The first-order valence-corrected chi connectivity index (χ1v) is 6.12. The molecule has 0 aliphatic carbocycles. The number of aryl methyl sites for hydroxylation is 1. The second kappa shape index (κ2) is 4.57. The van der Waals surface area contributed by atoms with Gasteiger partial charge in [0.15, 0.2) is 9.84 Å². The van der Waals surface area contributed by atoms with Crippen LogP contribution in [0.3, 0.4) is 0 Å². The summed E-state index contributed by atoms with van der Waals surface area (Å²) in [7, 11) is -3.20. The van der Waals surface area contributed by atoms with Crippen LogP contribution in [0.2, 0.25) is 0 Å². The van der Waals surface area contributed by atoms with Crippen molar-refractivity contribution < 1.29 is 13.5 Å². The summed E-state index contributed by atoms with van der Waals surface area (Å²) >= 11 is 0. The fourth-order valence-electron chi connectivity index (χ4n) is 1.18. The highest BCUT2D eigenvalue weighted by Crippen LogP contribution is 2.13. The Morgan fingerprint density at radius 3 is 2.64 bits per heavy atom. The summed E-state index contributed by atoms with van der Waals surface area (Å²) in [6, 6.07) is 6.80. The summed E-state index contributed by atoms with van der Waals surface area (Å²) < 4.78 is 23.3. The number of sulfone groups is 1. The highest BCUT2D eigenvalue weighted by Gasteiger charge is 2.13. The zero-order valence-corrected chi connectivity index (χ0v) is 8.92. The van der Waals surface area contributed by atoms with Gasteiger partial charge in [0.05, 0.1) is 10.6 Å². The number of aliphatic hydroxyl groups excluding tert-OH is 1. The third-order valence-electron chi connectivity index (χ3n) is 1.92. The molecule has 0 radical (unpaired) electrons. The predicted octanol–water partition coefficient (Wildman–Crippen LogP) is 1.15. The molecule has 0 unspecified atom stereocenters. The Kier molecular flexibility index (Phi) is 3.66. The van der Waals surface area contributed by atoms with Gasteiger partial charge in [0.25, 0.3) is 0 Å². The molecule has 1 rings (SSSR count). The molecule has 78 valence electrons. The lowest BCUT2D eigenvalue weighted by molar-refractivity contribution is 0.295. The van der Waals surface area contributed by atoms with Crippen molar-refractivity contribution in [1.82, 2.24) is 0 Å². The normalized spacial score (nSPS) is 11.6. The minimum absolute atomic E-state index is 0.00690. The van der Waals surface area contributed by atoms with Gasteiger partial charge in [-0.2, -0.15) is 0 Å². The molecule has 0 aliphatic rings. The average Bonchev–Trinajstić information content (AvgIpc) is 2.15. The number of hydrogen-bond acceptors (Lipinski definition) is 3. The molecule has 0 heterocycles. The van der Waals surface area contributed by atoms with E-state index < -0.39 is 9.84 Å². The van der Waals surface area contributed by atoms with Crippen LogP contribution in [0, 0.1) is 6.92 Å². The largest absolute Gasteiger partial charge is 0.396 e. The van der Waals surface area contributed by atoms with Gasteiger partial charge >= 0.3 is 0 Å². The first-order valence-electron chi connectivity index (χ1n) is 4.46. The molecular weight excluding hydrogens is 200 g/mol. The van der Waals surface area contributed by atoms with Gasteiger partial charge in [-0.15, -0.1) is 0 Å². The summed E-state index contributed by atoms with van der Waals surface area (Å²) in [5, 5.41) is 8.57. The fourth-order valence-corrected chi connectivity index (χ4v) is 2.58. The second-order valence-electron chi connectivity index (χ2n) is 3.21. The van der Waals surface area contributed by atoms with E-state index in [2.05, 4.69) is 0 Å². The molecule has 0 saturated heterocycles. The Morgan fingerprint density at radius 2 is 2.07 bits per heavy atom. The fraction of sp³-hybridized carbons (Fsp3) is 0.400. The van der Waals surface area contributed by atoms with Crippen LogP contribution < -0.4 is 0 Å². The second-order valence-corrected chi connectivity index (χ2v) is 5.32. The van der Waals surface area contributed by atoms with Gasteiger partial charge in [0, 0.05) is 6.61 Å². The van der Waals surface area contributed by atoms with Gasteiger partial charge in [-0.1, -0.05) is 12.1 Å². The van der Waals surface area contributed by atoms with E-state index >= 15 is 0 Å². The maximum Gasteiger partial charge on any atom is 0.178 e. The van der Waals surface area contributed by atoms with Crippen LogP contribution in [0.25, 0.3) is 0 Å². The molecule has 0 fully saturated rings. The smallest absolute Gasteiger partial charge is 0.178 e. The van der Waals surface area contributed by atoms with E-state index in [1.54, 1.807) is 18.2 Å². The zero-order chi connectivity index (χ0) is 10.6. The molecule has 0 spiro atoms. The van der Waals surface area contributed by atoms with E-state index in [0.717, 1.165) is 5.56 Å². The van der Waals surface area contributed by atoms with Crippen molar-refractivity contribution in [1.29, 1.82) is 0 Å². The van der Waals surface area contributed by atoms with Crippen LogP contribution >= 0.6 is 0 Å². The molecule has 0 saturated carbocycles. The minimum atomic E-state index is -3.20. The summed E-state index contributed by atoms with van der Waals surface area (Å²) in [6.07, 6.45) is 0.288. The monoisotopic (exact) mass is 214 g/mol. The number of aliphatic hydroxyl groups is 1. The van der Waals surface area contributed by atoms with Crippen molar-refractivity contribution in [2.24, 2.45) is 0 Å². The summed E-state index contributed by atoms with van der Waals surface area (Å²) in [6.45, 7) is 1.76. The Morgan fingerprint density at radius 1 is 1.36 bits per heavy atom. The van der Waals surface area contributed by atoms with E-state index in [1.807, 2.05) is 13.0 Å². The van der Waals surface area contributed by atoms with Crippen LogP contribution in [0.5, 0.6) is 0 Å². The number of benzene rings is 1. The maximum atomic E-state index is 11.6. The van der Waals surface area contributed by atoms with Crippen molar-refractivity contribution in [2.75, 3.05) is 12.4 Å². The summed E-state index contributed by atoms with van der Waals surface area (Å²) in [5.41, 5.74) is 0.926. The SMILES string of the molecule is Cc1cccc(S(=O)(=O)CCCO)c1. The van der Waals surface area contributed by atoms with Crippen LogP contribution in [0.1, 0.15) is 12.0 Å². The Bertz CT molecular complexity index is 396. The van der Waals surface area contributed by atoms with Gasteiger partial charge < -0.3 is 5.11 Å². The third-order valence-corrected chi connectivity index (χ3v) is 3.72. The highest BCUT2D eigenvalue weighted by molar-refractivity contribution is 7.91. The van der Waals surface area contributed by atoms with Crippen molar-refractivity contribution in [3.05, 3.63) is 29.8 Å². The van der Waals surface area contributed by atoms with E-state index in [-0.39, 0.29) is 18.8 Å². The first-order chi connectivity index (χ1) is 6.56. The molecule has 1 aromatic rings. The molecule has 0 amide bonds. The van der Waals surface area contributed by atoms with E-state index in [4.69, 9.17) is 5.11 Å². The van der Waals surface area contributed by atoms with Crippen molar-refractivity contribution in [3.8, 4) is 0 Å². The lowest BCUT2D eigenvalue weighted by Crippen LogP contribution is -2.08. The zero-order valence-electron chi connectivity index (χ0n) is 8.10. The van der Waals surface area contributed by atoms with Crippen molar-refractivity contribution in [2.45, 2.75) is 18.2 Å². The lowest BCUT2D eigenvalue weighted by Gasteiger charge is -2.03. The van der Waals surface area contributed by atoms with Crippen LogP contribution in [-0.2, 0) is 9.84 Å². The molecule has 14 heavy (non-hydrogen) atoms. The van der Waals surface area contributed by atoms with E-state index in [9.17, 15) is 8.42 Å². The molecular formula is C10H14O3S. The quantitative estimate of drug-likeness (QED) is 0.818. The van der Waals surface area contributed by atoms with Gasteiger partial charge in [-0.25, -0.2) is 8.42 Å². The number of hydrogen-bond donors (Lipinski definition) is 1. The van der Waals surface area contributed by atoms with Gasteiger partial charge in [-0.05, 0) is 31.0 Å². The Labute approximate surface area is 84.3 Å². The van der Waals surface area contributed by atoms with E-state index in [0.29, 0.717) is 4.90 Å². The Balaban J connectivity index is 2.93. The third kappa shape index (κ3) is 2.82. The molecule has 1 N–H and O–H groups in total. The average molecular weight is 214 g/mol. The Hall–Kier alpha value is -0.870. The molecule has 4 heteroatoms. The van der Waals surface area contributed by atoms with E-state index in [1.165, 1.54) is 0 Å². The first kappa shape index (κ1) is 11.2. The van der Waals surface area contributed by atoms with Crippen LogP contribution in [0.4, 0.5) is 0 Å². The molecule has 1 aromatic carbocycles. The standard InChI is InChI=1S/C10H14O3S/c1-9-4-2-5-10(8-9)14(12,13)7-3-6-11/h2,4-5,8,11H,3,6-7H2,1H3. The summed E-state index contributed by atoms with van der Waals surface area (Å²) in [4.78, 5) is 0.339. The highest BCUT2D eigenvalue weighted by atomic mass is 32.2. The molecule has 0 atom stereocenters. The molecule has 0 bridgehead atoms. The summed E-state index contributed by atoms with van der Waals surface area (Å²) in [5.74, 6) is 0.00690. The van der Waals surface area contributed by atoms with Crippen LogP contribution in [-0.4, -0.2) is 25.9 Å². The molecule has 0 aliphatic heterocycles. The maximum absolute atomic E-state index is 11.6. The van der Waals surface area contributed by atoms with Crippen molar-refractivity contribution >= 4 is 9.84 Å². The number of rotatable bonds is 4. The predicted molar refractivity (Wildman–Crippen MR) is 54.9 cm³/mol.